The molecule has 0 radical (unpaired) electrons. The van der Waals surface area contributed by atoms with E-state index >= 15 is 0 Å². The molecule has 5 aromatic rings. The number of aliphatic hydroxyl groups excluding tert-OH is 3. The third kappa shape index (κ3) is 4.91. The summed E-state index contributed by atoms with van der Waals surface area (Å²) in [6.07, 6.45) is 2.16. The molecule has 11 heteroatoms. The maximum absolute atomic E-state index is 14.6. The number of esters is 1. The van der Waals surface area contributed by atoms with Crippen LogP contribution in [-0.4, -0.2) is 83.5 Å². The molecule has 11 nitrogen and oxygen atoms in total. The Kier molecular flexibility index (Phi) is 8.04. The summed E-state index contributed by atoms with van der Waals surface area (Å²) in [5.74, 6) is -5.00. The van der Waals surface area contributed by atoms with Crippen LogP contribution in [0.2, 0.25) is 0 Å². The second kappa shape index (κ2) is 12.6. The number of phenols is 1. The Morgan fingerprint density at radius 1 is 0.891 bits per heavy atom. The molecule has 2 aliphatic heterocycles. The minimum absolute atomic E-state index is 0.0872. The number of aromatic nitrogens is 1. The van der Waals surface area contributed by atoms with Gasteiger partial charge in [-0.2, -0.15) is 0 Å². The lowest BCUT2D eigenvalue weighted by Crippen LogP contribution is -2.74. The van der Waals surface area contributed by atoms with Crippen molar-refractivity contribution in [1.82, 2.24) is 4.98 Å². The Morgan fingerprint density at radius 3 is 2.38 bits per heavy atom. The third-order valence-electron chi connectivity index (χ3n) is 13.8. The standard InChI is InChI=1S/C44H45NO10/c46-22-32-38(35-29-21-24-7-3-2-6-23(24)20-25(29)8-15-31(35)45-32)54-41(50)39-40-43(51)30(14-17-34(49)44(43,52)55-39)28-13-16-33(48)36(37(28)53-40)42(18-4-1-5-19-42)26-9-11-27(47)12-10-26/h2-3,6-12,14-15,17,20-21,28,30,33-34,36-37,39-40,45-49,51-52H,1,4-5,13,16,18-19,22H2/t28-,30-,33-,34+,36+,37+,39+,40-,43+,44-/m0/s1. The molecule has 10 rings (SSSR count). The van der Waals surface area contributed by atoms with Gasteiger partial charge in [0.1, 0.15) is 18.0 Å². The van der Waals surface area contributed by atoms with Gasteiger partial charge in [-0.15, -0.1) is 0 Å². The van der Waals surface area contributed by atoms with Crippen LogP contribution in [0.1, 0.15) is 56.2 Å². The lowest BCUT2D eigenvalue weighted by atomic mass is 9.51. The van der Waals surface area contributed by atoms with E-state index in [0.717, 1.165) is 59.2 Å². The van der Waals surface area contributed by atoms with Crippen molar-refractivity contribution in [3.63, 3.8) is 0 Å². The third-order valence-corrected chi connectivity index (χ3v) is 13.8. The van der Waals surface area contributed by atoms with Gasteiger partial charge in [-0.1, -0.05) is 73.9 Å². The number of aromatic amines is 1. The Balaban J connectivity index is 1.07. The number of aromatic hydroxyl groups is 1. The molecule has 10 atom stereocenters. The van der Waals surface area contributed by atoms with E-state index in [9.17, 15) is 35.4 Å². The number of H-pyrrole nitrogens is 1. The summed E-state index contributed by atoms with van der Waals surface area (Å²) >= 11 is 0. The zero-order valence-corrected chi connectivity index (χ0v) is 30.2. The van der Waals surface area contributed by atoms with Crippen molar-refractivity contribution in [2.45, 2.75) is 98.9 Å². The number of hydrogen-bond donors (Lipinski definition) is 7. The maximum Gasteiger partial charge on any atom is 0.343 e. The summed E-state index contributed by atoms with van der Waals surface area (Å²) in [6.45, 7) is -0.473. The number of rotatable bonds is 5. The van der Waals surface area contributed by atoms with Crippen LogP contribution in [0.15, 0.2) is 84.9 Å². The quantitative estimate of drug-likeness (QED) is 0.0735. The second-order valence-electron chi connectivity index (χ2n) is 16.5. The fourth-order valence-electron chi connectivity index (χ4n) is 11.4. The van der Waals surface area contributed by atoms with E-state index in [-0.39, 0.29) is 17.2 Å². The first-order chi connectivity index (χ1) is 26.6. The number of benzene rings is 4. The maximum atomic E-state index is 14.6. The molecule has 0 amide bonds. The molecule has 0 spiro atoms. The first-order valence-corrected chi connectivity index (χ1v) is 19.5. The first kappa shape index (κ1) is 35.1. The van der Waals surface area contributed by atoms with E-state index in [1.54, 1.807) is 18.2 Å². The monoisotopic (exact) mass is 747 g/mol. The van der Waals surface area contributed by atoms with Crippen LogP contribution in [0.25, 0.3) is 32.4 Å². The van der Waals surface area contributed by atoms with Crippen molar-refractivity contribution in [3.05, 3.63) is 96.2 Å². The highest BCUT2D eigenvalue weighted by Gasteiger charge is 2.78. The van der Waals surface area contributed by atoms with E-state index in [2.05, 4.69) is 4.98 Å². The molecule has 0 bridgehead atoms. The van der Waals surface area contributed by atoms with E-state index in [1.807, 2.05) is 60.7 Å². The fraction of sp³-hybridized carbons (Fsp3) is 0.432. The van der Waals surface area contributed by atoms with E-state index < -0.39 is 77.7 Å². The highest BCUT2D eigenvalue weighted by atomic mass is 16.7. The minimum atomic E-state index is -2.61. The number of phenolic OH excluding ortho intramolecular Hbond substituents is 1. The van der Waals surface area contributed by atoms with Crippen molar-refractivity contribution in [1.29, 1.82) is 0 Å². The summed E-state index contributed by atoms with van der Waals surface area (Å²) in [5, 5.41) is 73.0. The Labute approximate surface area is 316 Å². The van der Waals surface area contributed by atoms with Crippen LogP contribution in [0.3, 0.4) is 0 Å². The molecule has 2 saturated carbocycles. The van der Waals surface area contributed by atoms with Gasteiger partial charge in [0.2, 0.25) is 5.79 Å². The average Bonchev–Trinajstić information content (AvgIpc) is 3.67. The fourth-order valence-corrected chi connectivity index (χ4v) is 11.4. The van der Waals surface area contributed by atoms with E-state index in [4.69, 9.17) is 14.2 Å². The Hall–Kier alpha value is -4.33. The molecule has 4 fully saturated rings. The predicted molar refractivity (Wildman–Crippen MR) is 202 cm³/mol. The SMILES string of the molecule is O=C(Oc1c(CO)[nH]c2ccc3cc4ccccc4cc3c12)[C@@H]1O[C@@]2(O)[C@H](O)C=C[C@H]3[C@@H]4CC[C@H](O)[C@@H](C5(c6ccc(O)cc6)CCCCC5)[C@@H]4O[C@@H]1[C@]32O. The number of fused-ring (bicyclic) bond motifs is 6. The van der Waals surface area contributed by atoms with Crippen LogP contribution in [0, 0.1) is 17.8 Å². The van der Waals surface area contributed by atoms with Crippen molar-refractivity contribution in [3.8, 4) is 11.5 Å². The van der Waals surface area contributed by atoms with E-state index in [0.29, 0.717) is 23.7 Å². The van der Waals surface area contributed by atoms with Gasteiger partial charge < -0.3 is 49.8 Å². The number of nitrogens with one attached hydrogen (secondary N) is 1. The van der Waals surface area contributed by atoms with Gasteiger partial charge in [-0.25, -0.2) is 4.79 Å². The minimum Gasteiger partial charge on any atom is -0.508 e. The largest absolute Gasteiger partial charge is 0.508 e. The molecular weight excluding hydrogens is 702 g/mol. The summed E-state index contributed by atoms with van der Waals surface area (Å²) in [7, 11) is 0. The smallest absolute Gasteiger partial charge is 0.343 e. The number of hydrogen-bond acceptors (Lipinski definition) is 10. The molecule has 0 unspecified atom stereocenters. The number of aliphatic hydroxyl groups is 5. The van der Waals surface area contributed by atoms with Crippen LogP contribution in [0.5, 0.6) is 11.5 Å². The van der Waals surface area contributed by atoms with Gasteiger partial charge in [0.25, 0.3) is 0 Å². The van der Waals surface area contributed by atoms with Gasteiger partial charge >= 0.3 is 5.97 Å². The zero-order valence-electron chi connectivity index (χ0n) is 30.2. The first-order valence-electron chi connectivity index (χ1n) is 19.5. The predicted octanol–water partition coefficient (Wildman–Crippen LogP) is 5.00. The van der Waals surface area contributed by atoms with Crippen LogP contribution in [-0.2, 0) is 26.3 Å². The Morgan fingerprint density at radius 2 is 1.64 bits per heavy atom. The van der Waals surface area contributed by atoms with Crippen molar-refractivity contribution in [2.24, 2.45) is 17.8 Å². The summed E-state index contributed by atoms with van der Waals surface area (Å²) in [6, 6.07) is 22.9. The number of ether oxygens (including phenoxy) is 3. The highest BCUT2D eigenvalue weighted by Crippen LogP contribution is 2.62. The molecule has 3 heterocycles. The summed E-state index contributed by atoms with van der Waals surface area (Å²) in [4.78, 5) is 17.8. The van der Waals surface area contributed by atoms with Gasteiger partial charge in [-0.3, -0.25) is 0 Å². The van der Waals surface area contributed by atoms with Gasteiger partial charge in [0.15, 0.2) is 17.5 Å². The lowest BCUT2D eigenvalue weighted by Gasteiger charge is -2.60. The molecule has 2 saturated heterocycles. The topological polar surface area (TPSA) is 182 Å². The molecule has 7 N–H and O–H groups in total. The van der Waals surface area contributed by atoms with Crippen LogP contribution < -0.4 is 4.74 Å². The lowest BCUT2D eigenvalue weighted by molar-refractivity contribution is -0.340. The molecule has 5 aliphatic rings. The summed E-state index contributed by atoms with van der Waals surface area (Å²) < 4.78 is 19.2. The van der Waals surface area contributed by atoms with Gasteiger partial charge in [-0.05, 0) is 89.0 Å². The zero-order chi connectivity index (χ0) is 37.9. The molecular formula is C44H45NO10. The van der Waals surface area contributed by atoms with Crippen molar-refractivity contribution in [2.75, 3.05) is 0 Å². The molecule has 286 valence electrons. The molecule has 3 aliphatic carbocycles. The van der Waals surface area contributed by atoms with Crippen LogP contribution >= 0.6 is 0 Å². The average molecular weight is 748 g/mol. The van der Waals surface area contributed by atoms with Crippen molar-refractivity contribution < 1.29 is 49.6 Å². The molecule has 1 aromatic heterocycles. The van der Waals surface area contributed by atoms with Crippen LogP contribution in [0.4, 0.5) is 0 Å². The van der Waals surface area contributed by atoms with Gasteiger partial charge in [0, 0.05) is 17.3 Å². The van der Waals surface area contributed by atoms with Gasteiger partial charge in [0.05, 0.1) is 35.4 Å². The molecule has 4 aromatic carbocycles. The highest BCUT2D eigenvalue weighted by molar-refractivity contribution is 6.14. The molecule has 55 heavy (non-hydrogen) atoms. The Bertz CT molecular complexity index is 2350. The number of carbonyl (C=O) groups is 1. The normalized spacial score (nSPS) is 35.1. The van der Waals surface area contributed by atoms with Crippen molar-refractivity contribution >= 4 is 38.4 Å². The summed E-state index contributed by atoms with van der Waals surface area (Å²) in [5.41, 5.74) is -0.901. The van der Waals surface area contributed by atoms with E-state index in [1.165, 1.54) is 6.08 Å². The number of carbonyl (C=O) groups excluding carboxylic acids is 1. The second-order valence-corrected chi connectivity index (χ2v) is 16.5.